The minimum atomic E-state index is 0.442. The van der Waals surface area contributed by atoms with E-state index in [1.165, 1.54) is 43.2 Å². The second kappa shape index (κ2) is 9.56. The van der Waals surface area contributed by atoms with Crippen LogP contribution in [0, 0.1) is 6.92 Å². The van der Waals surface area contributed by atoms with Crippen LogP contribution in [0.5, 0.6) is 11.5 Å². The number of hydrogen-bond acceptors (Lipinski definition) is 5. The van der Waals surface area contributed by atoms with Gasteiger partial charge in [-0.15, -0.1) is 10.2 Å². The summed E-state index contributed by atoms with van der Waals surface area (Å²) in [5, 5.41) is 10.2. The number of thioether (sulfide) groups is 1. The lowest BCUT2D eigenvalue weighted by Gasteiger charge is -2.25. The zero-order valence-electron chi connectivity index (χ0n) is 17.9. The number of hydrogen-bond donors (Lipinski definition) is 0. The van der Waals surface area contributed by atoms with E-state index in [-0.39, 0.29) is 0 Å². The predicted molar refractivity (Wildman–Crippen MR) is 121 cm³/mol. The van der Waals surface area contributed by atoms with Crippen molar-refractivity contribution in [1.29, 1.82) is 0 Å². The van der Waals surface area contributed by atoms with Gasteiger partial charge >= 0.3 is 0 Å². The second-order valence-corrected chi connectivity index (χ2v) is 8.76. The molecule has 0 unspecified atom stereocenters. The van der Waals surface area contributed by atoms with E-state index in [9.17, 15) is 0 Å². The third kappa shape index (κ3) is 4.48. The Labute approximate surface area is 182 Å². The smallest absolute Gasteiger partial charge is 0.192 e. The molecule has 1 heterocycles. The number of aromatic nitrogens is 3. The van der Waals surface area contributed by atoms with Gasteiger partial charge < -0.3 is 9.47 Å². The van der Waals surface area contributed by atoms with Gasteiger partial charge in [-0.05, 0) is 43.5 Å². The average Bonchev–Trinajstić information content (AvgIpc) is 3.22. The largest absolute Gasteiger partial charge is 0.493 e. The molecule has 0 atom stereocenters. The van der Waals surface area contributed by atoms with E-state index in [1.807, 2.05) is 18.2 Å². The van der Waals surface area contributed by atoms with Gasteiger partial charge in [-0.2, -0.15) is 0 Å². The van der Waals surface area contributed by atoms with Crippen LogP contribution in [0.3, 0.4) is 0 Å². The van der Waals surface area contributed by atoms with Crippen LogP contribution >= 0.6 is 11.8 Å². The summed E-state index contributed by atoms with van der Waals surface area (Å²) in [6.07, 6.45) is 6.19. The van der Waals surface area contributed by atoms with E-state index < -0.39 is 0 Å². The molecule has 0 spiro atoms. The zero-order chi connectivity index (χ0) is 20.9. The van der Waals surface area contributed by atoms with Crippen molar-refractivity contribution in [2.45, 2.75) is 56.0 Å². The van der Waals surface area contributed by atoms with Crippen LogP contribution in [-0.4, -0.2) is 29.0 Å². The highest BCUT2D eigenvalue weighted by molar-refractivity contribution is 7.98. The molecule has 2 aromatic carbocycles. The van der Waals surface area contributed by atoms with Gasteiger partial charge in [0, 0.05) is 17.4 Å². The summed E-state index contributed by atoms with van der Waals surface area (Å²) in [5.41, 5.74) is 3.60. The summed E-state index contributed by atoms with van der Waals surface area (Å²) in [6.45, 7) is 2.13. The first-order chi connectivity index (χ1) is 14.7. The lowest BCUT2D eigenvalue weighted by atomic mass is 9.95. The fourth-order valence-electron chi connectivity index (χ4n) is 4.17. The summed E-state index contributed by atoms with van der Waals surface area (Å²) in [7, 11) is 3.32. The van der Waals surface area contributed by atoms with Crippen molar-refractivity contribution < 1.29 is 9.47 Å². The minimum absolute atomic E-state index is 0.442. The molecule has 1 aliphatic rings. The lowest BCUT2D eigenvalue weighted by Crippen LogP contribution is -2.15. The Hall–Kier alpha value is -2.47. The first-order valence-corrected chi connectivity index (χ1v) is 11.5. The van der Waals surface area contributed by atoms with Crippen LogP contribution in [0.25, 0.3) is 11.4 Å². The van der Waals surface area contributed by atoms with E-state index in [0.717, 1.165) is 28.0 Å². The van der Waals surface area contributed by atoms with Gasteiger partial charge in [-0.25, -0.2) is 0 Å². The van der Waals surface area contributed by atoms with Gasteiger partial charge in [0.15, 0.2) is 22.5 Å². The first kappa shape index (κ1) is 20.8. The molecule has 6 heteroatoms. The molecule has 1 aliphatic carbocycles. The molecule has 0 radical (unpaired) electrons. The van der Waals surface area contributed by atoms with Gasteiger partial charge in [0.2, 0.25) is 0 Å². The summed E-state index contributed by atoms with van der Waals surface area (Å²) in [4.78, 5) is 0. The molecule has 0 aliphatic heterocycles. The SMILES string of the molecule is COc1ccc(-c2nnc(SCc3cccc(C)c3)n2C2CCCCC2)cc1OC. The van der Waals surface area contributed by atoms with Crippen LogP contribution in [0.2, 0.25) is 0 Å². The molecular weight excluding hydrogens is 394 g/mol. The fourth-order valence-corrected chi connectivity index (χ4v) is 5.11. The number of nitrogens with zero attached hydrogens (tertiary/aromatic N) is 3. The zero-order valence-corrected chi connectivity index (χ0v) is 18.7. The highest BCUT2D eigenvalue weighted by atomic mass is 32.2. The summed E-state index contributed by atoms with van der Waals surface area (Å²) in [6, 6.07) is 15.1. The van der Waals surface area contributed by atoms with E-state index >= 15 is 0 Å². The maximum absolute atomic E-state index is 5.52. The summed E-state index contributed by atoms with van der Waals surface area (Å²) in [5.74, 6) is 3.23. The van der Waals surface area contributed by atoms with Crippen LogP contribution in [0.4, 0.5) is 0 Å². The molecule has 4 rings (SSSR count). The van der Waals surface area contributed by atoms with Crippen LogP contribution in [-0.2, 0) is 5.75 Å². The summed E-state index contributed by atoms with van der Waals surface area (Å²) >= 11 is 1.77. The first-order valence-electron chi connectivity index (χ1n) is 10.5. The van der Waals surface area contributed by atoms with Gasteiger partial charge in [0.25, 0.3) is 0 Å². The average molecular weight is 424 g/mol. The van der Waals surface area contributed by atoms with Gasteiger partial charge in [0.1, 0.15) is 0 Å². The molecule has 0 saturated heterocycles. The molecule has 1 saturated carbocycles. The maximum Gasteiger partial charge on any atom is 0.192 e. The number of benzene rings is 2. The predicted octanol–water partition coefficient (Wildman–Crippen LogP) is 6.07. The van der Waals surface area contributed by atoms with Crippen LogP contribution in [0.1, 0.15) is 49.3 Å². The monoisotopic (exact) mass is 423 g/mol. The van der Waals surface area contributed by atoms with Crippen molar-refractivity contribution in [3.05, 3.63) is 53.6 Å². The topological polar surface area (TPSA) is 49.2 Å². The van der Waals surface area contributed by atoms with E-state index in [2.05, 4.69) is 46.0 Å². The fraction of sp³-hybridized carbons (Fsp3) is 0.417. The van der Waals surface area contributed by atoms with Crippen LogP contribution < -0.4 is 9.47 Å². The summed E-state index contributed by atoms with van der Waals surface area (Å²) < 4.78 is 13.3. The molecule has 5 nitrogen and oxygen atoms in total. The minimum Gasteiger partial charge on any atom is -0.493 e. The quantitative estimate of drug-likeness (QED) is 0.432. The Bertz CT molecular complexity index is 996. The Morgan fingerprint density at radius 3 is 2.50 bits per heavy atom. The third-order valence-corrected chi connectivity index (χ3v) is 6.71. The van der Waals surface area contributed by atoms with Crippen molar-refractivity contribution in [2.75, 3.05) is 14.2 Å². The standard InChI is InChI=1S/C24H29N3O2S/c1-17-8-7-9-18(14-17)16-30-24-26-25-23(27(24)20-10-5-4-6-11-20)19-12-13-21(28-2)22(15-19)29-3/h7-9,12-15,20H,4-6,10-11,16H2,1-3H3. The van der Waals surface area contributed by atoms with Gasteiger partial charge in [-0.1, -0.05) is 60.9 Å². The van der Waals surface area contributed by atoms with E-state index in [4.69, 9.17) is 9.47 Å². The highest BCUT2D eigenvalue weighted by Gasteiger charge is 2.24. The van der Waals surface area contributed by atoms with Gasteiger partial charge in [0.05, 0.1) is 14.2 Å². The van der Waals surface area contributed by atoms with E-state index in [0.29, 0.717) is 11.8 Å². The Balaban J connectivity index is 1.68. The molecule has 3 aromatic rings. The third-order valence-electron chi connectivity index (χ3n) is 5.70. The molecular formula is C24H29N3O2S. The van der Waals surface area contributed by atoms with Crippen molar-refractivity contribution in [3.63, 3.8) is 0 Å². The molecule has 30 heavy (non-hydrogen) atoms. The van der Waals surface area contributed by atoms with Gasteiger partial charge in [-0.3, -0.25) is 4.57 Å². The molecule has 0 amide bonds. The Morgan fingerprint density at radius 2 is 1.77 bits per heavy atom. The van der Waals surface area contributed by atoms with Crippen LogP contribution in [0.15, 0.2) is 47.6 Å². The molecule has 0 N–H and O–H groups in total. The Morgan fingerprint density at radius 1 is 0.967 bits per heavy atom. The highest BCUT2D eigenvalue weighted by Crippen LogP contribution is 2.38. The molecule has 1 aromatic heterocycles. The number of ether oxygens (including phenoxy) is 2. The van der Waals surface area contributed by atoms with E-state index in [1.54, 1.807) is 26.0 Å². The van der Waals surface area contributed by atoms with Crippen molar-refractivity contribution in [3.8, 4) is 22.9 Å². The lowest BCUT2D eigenvalue weighted by molar-refractivity contribution is 0.339. The molecule has 0 bridgehead atoms. The maximum atomic E-state index is 5.52. The second-order valence-electron chi connectivity index (χ2n) is 7.82. The Kier molecular flexibility index (Phi) is 6.62. The number of rotatable bonds is 7. The van der Waals surface area contributed by atoms with Crippen molar-refractivity contribution in [1.82, 2.24) is 14.8 Å². The van der Waals surface area contributed by atoms with Crippen molar-refractivity contribution >= 4 is 11.8 Å². The number of methoxy groups -OCH3 is 2. The normalized spacial score (nSPS) is 14.6. The number of aryl methyl sites for hydroxylation is 1. The molecule has 1 fully saturated rings. The van der Waals surface area contributed by atoms with Crippen molar-refractivity contribution in [2.24, 2.45) is 0 Å². The molecule has 158 valence electrons.